The summed E-state index contributed by atoms with van der Waals surface area (Å²) in [6.07, 6.45) is 2.54. The summed E-state index contributed by atoms with van der Waals surface area (Å²) in [5.41, 5.74) is 3.99. The van der Waals surface area contributed by atoms with Gasteiger partial charge in [-0.05, 0) is 41.8 Å². The van der Waals surface area contributed by atoms with E-state index in [1.165, 1.54) is 11.1 Å². The minimum Gasteiger partial charge on any atom is -0.495 e. The highest BCUT2D eigenvalue weighted by Gasteiger charge is 2.21. The van der Waals surface area contributed by atoms with Crippen molar-refractivity contribution in [2.45, 2.75) is 13.0 Å². The van der Waals surface area contributed by atoms with E-state index >= 15 is 0 Å². The zero-order valence-electron chi connectivity index (χ0n) is 15.2. The number of fused-ring (bicyclic) bond motifs is 1. The first kappa shape index (κ1) is 17.1. The highest BCUT2D eigenvalue weighted by atomic mass is 16.5. The number of benzene rings is 2. The maximum absolute atomic E-state index is 13.0. The normalized spacial score (nSPS) is 13.0. The maximum Gasteiger partial charge on any atom is 0.254 e. The molecular formula is C22H21N3O2. The summed E-state index contributed by atoms with van der Waals surface area (Å²) in [5.74, 6) is 1.36. The van der Waals surface area contributed by atoms with E-state index in [0.29, 0.717) is 17.9 Å². The van der Waals surface area contributed by atoms with E-state index in [2.05, 4.69) is 28.5 Å². The minimum atomic E-state index is 0.0231. The van der Waals surface area contributed by atoms with Crippen molar-refractivity contribution in [1.29, 1.82) is 0 Å². The van der Waals surface area contributed by atoms with Crippen LogP contribution in [0, 0.1) is 0 Å². The number of carbonyl (C=O) groups excluding carboxylic acids is 1. The molecule has 1 aromatic heterocycles. The van der Waals surface area contributed by atoms with Gasteiger partial charge in [0.2, 0.25) is 0 Å². The number of para-hydroxylation sites is 2. The van der Waals surface area contributed by atoms with Gasteiger partial charge in [0.15, 0.2) is 0 Å². The molecule has 0 aliphatic carbocycles. The zero-order valence-corrected chi connectivity index (χ0v) is 15.2. The zero-order chi connectivity index (χ0) is 18.6. The Morgan fingerprint density at radius 1 is 1.07 bits per heavy atom. The SMILES string of the molecule is COc1ccccc1Nc1cc(C(=O)N2CCc3ccccc3C2)ccn1. The molecule has 1 N–H and O–H groups in total. The number of rotatable bonds is 4. The fraction of sp³-hybridized carbons (Fsp3) is 0.182. The molecule has 0 saturated heterocycles. The van der Waals surface area contributed by atoms with Crippen LogP contribution in [0.25, 0.3) is 0 Å². The number of nitrogens with one attached hydrogen (secondary N) is 1. The van der Waals surface area contributed by atoms with Crippen molar-refractivity contribution in [3.8, 4) is 5.75 Å². The summed E-state index contributed by atoms with van der Waals surface area (Å²) in [5, 5.41) is 3.23. The van der Waals surface area contributed by atoms with E-state index < -0.39 is 0 Å². The van der Waals surface area contributed by atoms with Crippen molar-refractivity contribution >= 4 is 17.4 Å². The molecule has 27 heavy (non-hydrogen) atoms. The Bertz CT molecular complexity index is 971. The molecule has 5 nitrogen and oxygen atoms in total. The number of pyridine rings is 1. The number of hydrogen-bond donors (Lipinski definition) is 1. The average Bonchev–Trinajstić information content (AvgIpc) is 2.73. The van der Waals surface area contributed by atoms with Crippen molar-refractivity contribution in [1.82, 2.24) is 9.88 Å². The molecule has 0 saturated carbocycles. The van der Waals surface area contributed by atoms with Crippen molar-refractivity contribution in [3.05, 3.63) is 83.6 Å². The van der Waals surface area contributed by atoms with Gasteiger partial charge in [0, 0.05) is 24.8 Å². The van der Waals surface area contributed by atoms with E-state index in [1.807, 2.05) is 35.2 Å². The van der Waals surface area contributed by atoms with Crippen LogP contribution in [-0.2, 0) is 13.0 Å². The van der Waals surface area contributed by atoms with Crippen LogP contribution in [0.3, 0.4) is 0 Å². The monoisotopic (exact) mass is 359 g/mol. The Balaban J connectivity index is 1.53. The second-order valence-electron chi connectivity index (χ2n) is 6.50. The van der Waals surface area contributed by atoms with Gasteiger partial charge < -0.3 is 15.0 Å². The average molecular weight is 359 g/mol. The van der Waals surface area contributed by atoms with Crippen LogP contribution < -0.4 is 10.1 Å². The van der Waals surface area contributed by atoms with Gasteiger partial charge in [0.25, 0.3) is 5.91 Å². The molecule has 1 aliphatic heterocycles. The third-order valence-electron chi connectivity index (χ3n) is 4.79. The van der Waals surface area contributed by atoms with E-state index in [1.54, 1.807) is 25.4 Å². The molecule has 1 amide bonds. The molecule has 4 rings (SSSR count). The molecule has 3 aromatic rings. The quantitative estimate of drug-likeness (QED) is 0.764. The molecule has 5 heteroatoms. The third kappa shape index (κ3) is 3.62. The third-order valence-corrected chi connectivity index (χ3v) is 4.79. The fourth-order valence-corrected chi connectivity index (χ4v) is 3.37. The number of nitrogens with zero attached hydrogens (tertiary/aromatic N) is 2. The first-order chi connectivity index (χ1) is 13.2. The van der Waals surface area contributed by atoms with E-state index in [0.717, 1.165) is 24.4 Å². The number of carbonyl (C=O) groups is 1. The number of anilines is 2. The second-order valence-corrected chi connectivity index (χ2v) is 6.50. The topological polar surface area (TPSA) is 54.5 Å². The molecule has 0 unspecified atom stereocenters. The molecule has 1 aliphatic rings. The van der Waals surface area contributed by atoms with Crippen molar-refractivity contribution in [2.75, 3.05) is 19.0 Å². The van der Waals surface area contributed by atoms with Gasteiger partial charge in [-0.1, -0.05) is 36.4 Å². The molecular weight excluding hydrogens is 338 g/mol. The highest BCUT2D eigenvalue weighted by molar-refractivity contribution is 5.95. The van der Waals surface area contributed by atoms with Crippen LogP contribution in [0.15, 0.2) is 66.9 Å². The number of hydrogen-bond acceptors (Lipinski definition) is 4. The Morgan fingerprint density at radius 3 is 2.70 bits per heavy atom. The van der Waals surface area contributed by atoms with Crippen LogP contribution >= 0.6 is 0 Å². The maximum atomic E-state index is 13.0. The Labute approximate surface area is 158 Å². The van der Waals surface area contributed by atoms with Gasteiger partial charge in [-0.2, -0.15) is 0 Å². The molecule has 0 radical (unpaired) electrons. The van der Waals surface area contributed by atoms with Crippen molar-refractivity contribution in [2.24, 2.45) is 0 Å². The van der Waals surface area contributed by atoms with Crippen molar-refractivity contribution < 1.29 is 9.53 Å². The van der Waals surface area contributed by atoms with Crippen LogP contribution in [0.2, 0.25) is 0 Å². The lowest BCUT2D eigenvalue weighted by Gasteiger charge is -2.29. The summed E-state index contributed by atoms with van der Waals surface area (Å²) in [7, 11) is 1.63. The standard InChI is InChI=1S/C22H21N3O2/c1-27-20-9-5-4-8-19(20)24-21-14-17(10-12-23-21)22(26)25-13-11-16-6-2-3-7-18(16)15-25/h2-10,12,14H,11,13,15H2,1H3,(H,23,24). The van der Waals surface area contributed by atoms with Crippen LogP contribution in [0.1, 0.15) is 21.5 Å². The summed E-state index contributed by atoms with van der Waals surface area (Å²) in [6, 6.07) is 19.5. The molecule has 0 fully saturated rings. The smallest absolute Gasteiger partial charge is 0.254 e. The molecule has 0 bridgehead atoms. The van der Waals surface area contributed by atoms with Crippen LogP contribution in [0.4, 0.5) is 11.5 Å². The van der Waals surface area contributed by atoms with Crippen LogP contribution in [-0.4, -0.2) is 29.4 Å². The first-order valence-electron chi connectivity index (χ1n) is 8.97. The number of ether oxygens (including phenoxy) is 1. The number of methoxy groups -OCH3 is 1. The van der Waals surface area contributed by atoms with E-state index in [4.69, 9.17) is 4.74 Å². The Morgan fingerprint density at radius 2 is 1.85 bits per heavy atom. The summed E-state index contributed by atoms with van der Waals surface area (Å²) >= 11 is 0. The number of aromatic nitrogens is 1. The summed E-state index contributed by atoms with van der Waals surface area (Å²) in [6.45, 7) is 1.38. The predicted molar refractivity (Wildman–Crippen MR) is 105 cm³/mol. The predicted octanol–water partition coefficient (Wildman–Crippen LogP) is 4.03. The van der Waals surface area contributed by atoms with Gasteiger partial charge >= 0.3 is 0 Å². The second kappa shape index (κ2) is 7.50. The van der Waals surface area contributed by atoms with Crippen molar-refractivity contribution in [3.63, 3.8) is 0 Å². The fourth-order valence-electron chi connectivity index (χ4n) is 3.37. The molecule has 0 spiro atoms. The largest absolute Gasteiger partial charge is 0.495 e. The summed E-state index contributed by atoms with van der Waals surface area (Å²) in [4.78, 5) is 19.2. The van der Waals surface area contributed by atoms with Gasteiger partial charge in [-0.3, -0.25) is 4.79 Å². The molecule has 2 heterocycles. The van der Waals surface area contributed by atoms with Gasteiger partial charge in [-0.25, -0.2) is 4.98 Å². The first-order valence-corrected chi connectivity index (χ1v) is 8.97. The highest BCUT2D eigenvalue weighted by Crippen LogP contribution is 2.27. The Kier molecular flexibility index (Phi) is 4.75. The number of amides is 1. The lowest BCUT2D eigenvalue weighted by molar-refractivity contribution is 0.0734. The summed E-state index contributed by atoms with van der Waals surface area (Å²) < 4.78 is 5.36. The molecule has 136 valence electrons. The van der Waals surface area contributed by atoms with E-state index in [-0.39, 0.29) is 5.91 Å². The molecule has 2 aromatic carbocycles. The lowest BCUT2D eigenvalue weighted by atomic mass is 9.99. The van der Waals surface area contributed by atoms with E-state index in [9.17, 15) is 4.79 Å². The molecule has 0 atom stereocenters. The lowest BCUT2D eigenvalue weighted by Crippen LogP contribution is -2.35. The van der Waals surface area contributed by atoms with Gasteiger partial charge in [0.05, 0.1) is 12.8 Å². The van der Waals surface area contributed by atoms with Crippen LogP contribution in [0.5, 0.6) is 5.75 Å². The van der Waals surface area contributed by atoms with Gasteiger partial charge in [-0.15, -0.1) is 0 Å². The Hall–Kier alpha value is -3.34. The minimum absolute atomic E-state index is 0.0231. The van der Waals surface area contributed by atoms with Gasteiger partial charge in [0.1, 0.15) is 11.6 Å².